The van der Waals surface area contributed by atoms with Gasteiger partial charge in [0.05, 0.1) is 12.7 Å². The molecule has 21 heavy (non-hydrogen) atoms. The highest BCUT2D eigenvalue weighted by atomic mass is 16.5. The minimum atomic E-state index is -0.663. The number of aryl methyl sites for hydroxylation is 1. The van der Waals surface area contributed by atoms with Crippen LogP contribution in [0, 0.1) is 0 Å². The Morgan fingerprint density at radius 3 is 2.24 bits per heavy atom. The maximum Gasteiger partial charge on any atom is 0.118 e. The molecule has 0 aliphatic carbocycles. The van der Waals surface area contributed by atoms with Gasteiger partial charge in [0.2, 0.25) is 0 Å². The summed E-state index contributed by atoms with van der Waals surface area (Å²) in [5.74, 6) is 0.850. The summed E-state index contributed by atoms with van der Waals surface area (Å²) in [6.45, 7) is 1.92. The molecule has 0 saturated carbocycles. The number of ether oxygens (including phenoxy) is 1. The van der Waals surface area contributed by atoms with Crippen LogP contribution in [-0.2, 0) is 12.8 Å². The first kappa shape index (κ1) is 15.6. The molecule has 2 nitrogen and oxygen atoms in total. The summed E-state index contributed by atoms with van der Waals surface area (Å²) in [6, 6.07) is 18.3. The Morgan fingerprint density at radius 2 is 1.62 bits per heavy atom. The average molecular weight is 284 g/mol. The summed E-state index contributed by atoms with van der Waals surface area (Å²) in [7, 11) is 1.66. The Labute approximate surface area is 127 Å². The van der Waals surface area contributed by atoms with Crippen molar-refractivity contribution in [3.05, 3.63) is 65.7 Å². The van der Waals surface area contributed by atoms with Crippen molar-refractivity contribution >= 4 is 0 Å². The monoisotopic (exact) mass is 284 g/mol. The first-order valence-electron chi connectivity index (χ1n) is 7.48. The van der Waals surface area contributed by atoms with E-state index in [4.69, 9.17) is 4.74 Å². The molecular weight excluding hydrogens is 260 g/mol. The molecular formula is C19H24O2. The van der Waals surface area contributed by atoms with E-state index in [0.717, 1.165) is 30.6 Å². The second-order valence-electron chi connectivity index (χ2n) is 5.86. The van der Waals surface area contributed by atoms with Crippen molar-refractivity contribution in [3.63, 3.8) is 0 Å². The molecule has 0 radical (unpaired) electrons. The summed E-state index contributed by atoms with van der Waals surface area (Å²) in [6.07, 6.45) is 3.48. The molecule has 0 fully saturated rings. The molecule has 112 valence electrons. The molecule has 1 N–H and O–H groups in total. The van der Waals surface area contributed by atoms with E-state index >= 15 is 0 Å². The SMILES string of the molecule is COc1ccc(CC(C)(O)CCCc2ccccc2)cc1. The Bertz CT molecular complexity index is 529. The van der Waals surface area contributed by atoms with Crippen LogP contribution in [0.2, 0.25) is 0 Å². The average Bonchev–Trinajstić information content (AvgIpc) is 2.48. The zero-order valence-electron chi connectivity index (χ0n) is 12.9. The van der Waals surface area contributed by atoms with Crippen LogP contribution < -0.4 is 4.74 Å². The van der Waals surface area contributed by atoms with E-state index in [1.807, 2.05) is 37.3 Å². The van der Waals surface area contributed by atoms with E-state index in [9.17, 15) is 5.11 Å². The molecule has 0 aliphatic heterocycles. The van der Waals surface area contributed by atoms with Gasteiger partial charge < -0.3 is 9.84 Å². The van der Waals surface area contributed by atoms with Crippen molar-refractivity contribution in [3.8, 4) is 5.75 Å². The van der Waals surface area contributed by atoms with E-state index in [1.165, 1.54) is 5.56 Å². The first-order valence-corrected chi connectivity index (χ1v) is 7.48. The summed E-state index contributed by atoms with van der Waals surface area (Å²) < 4.78 is 5.15. The fourth-order valence-corrected chi connectivity index (χ4v) is 2.59. The van der Waals surface area contributed by atoms with Gasteiger partial charge in [-0.1, -0.05) is 42.5 Å². The van der Waals surface area contributed by atoms with Crippen LogP contribution in [0.1, 0.15) is 30.9 Å². The Kier molecular flexibility index (Phi) is 5.40. The molecule has 0 heterocycles. The minimum absolute atomic E-state index is 0.663. The van der Waals surface area contributed by atoms with Gasteiger partial charge in [-0.05, 0) is 49.4 Å². The van der Waals surface area contributed by atoms with Crippen LogP contribution in [0.4, 0.5) is 0 Å². The van der Waals surface area contributed by atoms with Crippen molar-refractivity contribution in [2.75, 3.05) is 7.11 Å². The highest BCUT2D eigenvalue weighted by molar-refractivity contribution is 5.28. The van der Waals surface area contributed by atoms with Gasteiger partial charge in [-0.25, -0.2) is 0 Å². The molecule has 2 aromatic rings. The van der Waals surface area contributed by atoms with Gasteiger partial charge >= 0.3 is 0 Å². The predicted octanol–water partition coefficient (Wildman–Crippen LogP) is 4.01. The molecule has 0 spiro atoms. The normalized spacial score (nSPS) is 13.7. The van der Waals surface area contributed by atoms with Gasteiger partial charge in [0, 0.05) is 6.42 Å². The Hall–Kier alpha value is -1.80. The summed E-state index contributed by atoms with van der Waals surface area (Å²) in [5, 5.41) is 10.5. The largest absolute Gasteiger partial charge is 0.497 e. The molecule has 2 rings (SSSR count). The second kappa shape index (κ2) is 7.28. The van der Waals surface area contributed by atoms with E-state index in [-0.39, 0.29) is 0 Å². The molecule has 0 aromatic heterocycles. The van der Waals surface area contributed by atoms with E-state index in [0.29, 0.717) is 6.42 Å². The maximum atomic E-state index is 10.5. The van der Waals surface area contributed by atoms with Crippen LogP contribution in [0.3, 0.4) is 0 Å². The number of benzene rings is 2. The van der Waals surface area contributed by atoms with Crippen LogP contribution in [0.5, 0.6) is 5.75 Å². The van der Waals surface area contributed by atoms with Crippen LogP contribution in [-0.4, -0.2) is 17.8 Å². The summed E-state index contributed by atoms with van der Waals surface area (Å²) in [4.78, 5) is 0. The topological polar surface area (TPSA) is 29.5 Å². The molecule has 0 aliphatic rings. The number of aliphatic hydroxyl groups is 1. The fourth-order valence-electron chi connectivity index (χ4n) is 2.59. The fraction of sp³-hybridized carbons (Fsp3) is 0.368. The lowest BCUT2D eigenvalue weighted by atomic mass is 9.90. The smallest absolute Gasteiger partial charge is 0.118 e. The zero-order chi connectivity index (χ0) is 15.1. The van der Waals surface area contributed by atoms with E-state index < -0.39 is 5.60 Å². The zero-order valence-corrected chi connectivity index (χ0v) is 12.9. The molecule has 1 unspecified atom stereocenters. The van der Waals surface area contributed by atoms with Crippen molar-refractivity contribution < 1.29 is 9.84 Å². The predicted molar refractivity (Wildman–Crippen MR) is 86.7 cm³/mol. The Morgan fingerprint density at radius 1 is 0.952 bits per heavy atom. The van der Waals surface area contributed by atoms with Gasteiger partial charge in [0.25, 0.3) is 0 Å². The standard InChI is InChI=1S/C19H24O2/c1-19(20,14-6-9-16-7-4-3-5-8-16)15-17-10-12-18(21-2)13-11-17/h3-5,7-8,10-13,20H,6,9,14-15H2,1-2H3. The van der Waals surface area contributed by atoms with E-state index in [2.05, 4.69) is 24.3 Å². The highest BCUT2D eigenvalue weighted by Crippen LogP contribution is 2.21. The lowest BCUT2D eigenvalue weighted by Gasteiger charge is -2.23. The van der Waals surface area contributed by atoms with E-state index in [1.54, 1.807) is 7.11 Å². The number of rotatable bonds is 7. The Balaban J connectivity index is 1.83. The van der Waals surface area contributed by atoms with Gasteiger partial charge in [0.15, 0.2) is 0 Å². The van der Waals surface area contributed by atoms with Crippen LogP contribution in [0.15, 0.2) is 54.6 Å². The minimum Gasteiger partial charge on any atom is -0.497 e. The number of hydrogen-bond donors (Lipinski definition) is 1. The molecule has 0 saturated heterocycles. The molecule has 2 aromatic carbocycles. The van der Waals surface area contributed by atoms with Crippen LogP contribution >= 0.6 is 0 Å². The van der Waals surface area contributed by atoms with Gasteiger partial charge in [-0.2, -0.15) is 0 Å². The van der Waals surface area contributed by atoms with Crippen molar-refractivity contribution in [2.45, 2.75) is 38.2 Å². The summed E-state index contributed by atoms with van der Waals surface area (Å²) >= 11 is 0. The molecule has 0 amide bonds. The third-order valence-electron chi connectivity index (χ3n) is 3.77. The lowest BCUT2D eigenvalue weighted by Crippen LogP contribution is -2.27. The van der Waals surface area contributed by atoms with Crippen molar-refractivity contribution in [1.82, 2.24) is 0 Å². The van der Waals surface area contributed by atoms with Crippen molar-refractivity contribution in [1.29, 1.82) is 0 Å². The van der Waals surface area contributed by atoms with Gasteiger partial charge in [0.1, 0.15) is 5.75 Å². The lowest BCUT2D eigenvalue weighted by molar-refractivity contribution is 0.0493. The third kappa shape index (κ3) is 5.24. The van der Waals surface area contributed by atoms with Gasteiger partial charge in [-0.15, -0.1) is 0 Å². The highest BCUT2D eigenvalue weighted by Gasteiger charge is 2.20. The third-order valence-corrected chi connectivity index (χ3v) is 3.77. The van der Waals surface area contributed by atoms with Gasteiger partial charge in [-0.3, -0.25) is 0 Å². The van der Waals surface area contributed by atoms with Crippen molar-refractivity contribution in [2.24, 2.45) is 0 Å². The second-order valence-corrected chi connectivity index (χ2v) is 5.86. The van der Waals surface area contributed by atoms with Crippen LogP contribution in [0.25, 0.3) is 0 Å². The number of methoxy groups -OCH3 is 1. The number of hydrogen-bond acceptors (Lipinski definition) is 2. The quantitative estimate of drug-likeness (QED) is 0.832. The molecule has 1 atom stereocenters. The maximum absolute atomic E-state index is 10.5. The molecule has 2 heteroatoms. The molecule has 0 bridgehead atoms. The first-order chi connectivity index (χ1) is 10.1. The summed E-state index contributed by atoms with van der Waals surface area (Å²) in [5.41, 5.74) is 1.81.